The zero-order valence-corrected chi connectivity index (χ0v) is 15.0. The van der Waals surface area contributed by atoms with Crippen molar-refractivity contribution in [1.29, 1.82) is 0 Å². The fourth-order valence-corrected chi connectivity index (χ4v) is 4.12. The van der Waals surface area contributed by atoms with Crippen LogP contribution in [0.25, 0.3) is 0 Å². The Kier molecular flexibility index (Phi) is 5.20. The van der Waals surface area contributed by atoms with E-state index in [1.807, 2.05) is 37.3 Å². The van der Waals surface area contributed by atoms with Gasteiger partial charge in [0.25, 0.3) is 0 Å². The topological polar surface area (TPSA) is 75.3 Å². The molecule has 1 aliphatic heterocycles. The second-order valence-electron chi connectivity index (χ2n) is 6.38. The first-order chi connectivity index (χ1) is 12.0. The van der Waals surface area contributed by atoms with Crippen LogP contribution in [0.15, 0.2) is 53.4 Å². The van der Waals surface area contributed by atoms with Crippen molar-refractivity contribution in [3.63, 3.8) is 0 Å². The van der Waals surface area contributed by atoms with Gasteiger partial charge in [-0.05, 0) is 48.1 Å². The third-order valence-electron chi connectivity index (χ3n) is 4.46. The van der Waals surface area contributed by atoms with E-state index in [0.29, 0.717) is 25.1 Å². The number of nitrogens with one attached hydrogen (secondary N) is 2. The summed E-state index contributed by atoms with van der Waals surface area (Å²) in [5, 5.41) is 2.82. The maximum absolute atomic E-state index is 12.6. The van der Waals surface area contributed by atoms with E-state index in [2.05, 4.69) is 10.0 Å². The van der Waals surface area contributed by atoms with Crippen LogP contribution in [0.2, 0.25) is 0 Å². The highest BCUT2D eigenvalue weighted by molar-refractivity contribution is 7.89. The largest absolute Gasteiger partial charge is 0.326 e. The van der Waals surface area contributed by atoms with Crippen molar-refractivity contribution in [3.05, 3.63) is 59.7 Å². The number of amides is 1. The van der Waals surface area contributed by atoms with Crippen LogP contribution in [-0.2, 0) is 21.2 Å². The number of hydrogen-bond acceptors (Lipinski definition) is 3. The summed E-state index contributed by atoms with van der Waals surface area (Å²) in [5.74, 6) is 0.0558. The van der Waals surface area contributed by atoms with E-state index in [-0.39, 0.29) is 16.7 Å². The molecule has 25 heavy (non-hydrogen) atoms. The van der Waals surface area contributed by atoms with E-state index in [4.69, 9.17) is 0 Å². The van der Waals surface area contributed by atoms with Crippen LogP contribution in [0.1, 0.15) is 36.8 Å². The smallest absolute Gasteiger partial charge is 0.240 e. The van der Waals surface area contributed by atoms with Gasteiger partial charge in [-0.1, -0.05) is 37.3 Å². The molecule has 6 heteroatoms. The number of carbonyl (C=O) groups is 1. The summed E-state index contributed by atoms with van der Waals surface area (Å²) >= 11 is 0. The number of carbonyl (C=O) groups excluding carboxylic acids is 1. The molecule has 0 radical (unpaired) electrons. The lowest BCUT2D eigenvalue weighted by Gasteiger charge is -2.14. The van der Waals surface area contributed by atoms with Gasteiger partial charge in [-0.25, -0.2) is 13.1 Å². The summed E-state index contributed by atoms with van der Waals surface area (Å²) in [4.78, 5) is 11.8. The molecule has 3 rings (SSSR count). The standard InChI is InChI=1S/C19H22N2O3S/c1-14(15-6-3-2-4-7-15)13-20-25(23,24)17-10-11-18-16(12-17)8-5-9-19(22)21-18/h2-4,6-7,10-12,14,20H,5,8-9,13H2,1H3,(H,21,22). The first-order valence-electron chi connectivity index (χ1n) is 8.43. The molecule has 2 N–H and O–H groups in total. The van der Waals surface area contributed by atoms with Gasteiger partial charge in [-0.2, -0.15) is 0 Å². The van der Waals surface area contributed by atoms with Crippen LogP contribution in [0.3, 0.4) is 0 Å². The van der Waals surface area contributed by atoms with Gasteiger partial charge in [0, 0.05) is 18.7 Å². The van der Waals surface area contributed by atoms with Gasteiger partial charge in [-0.15, -0.1) is 0 Å². The molecule has 1 unspecified atom stereocenters. The molecule has 0 fully saturated rings. The lowest BCUT2D eigenvalue weighted by molar-refractivity contribution is -0.116. The van der Waals surface area contributed by atoms with Crippen molar-refractivity contribution in [2.45, 2.75) is 37.0 Å². The average Bonchev–Trinajstić information content (AvgIpc) is 2.80. The minimum Gasteiger partial charge on any atom is -0.326 e. The highest BCUT2D eigenvalue weighted by atomic mass is 32.2. The number of sulfonamides is 1. The molecule has 1 heterocycles. The summed E-state index contributed by atoms with van der Waals surface area (Å²) in [6.45, 7) is 2.32. The minimum atomic E-state index is -3.58. The van der Waals surface area contributed by atoms with Crippen LogP contribution in [0.4, 0.5) is 5.69 Å². The maximum atomic E-state index is 12.6. The number of benzene rings is 2. The number of hydrogen-bond donors (Lipinski definition) is 2. The van der Waals surface area contributed by atoms with Gasteiger partial charge in [0.15, 0.2) is 0 Å². The zero-order chi connectivity index (χ0) is 17.9. The molecule has 5 nitrogen and oxygen atoms in total. The molecule has 0 saturated carbocycles. The fourth-order valence-electron chi connectivity index (χ4n) is 2.94. The Hall–Kier alpha value is -2.18. The Morgan fingerprint density at radius 3 is 2.64 bits per heavy atom. The molecule has 1 amide bonds. The first-order valence-corrected chi connectivity index (χ1v) is 9.91. The lowest BCUT2D eigenvalue weighted by atomic mass is 10.0. The molecule has 0 aromatic heterocycles. The monoisotopic (exact) mass is 358 g/mol. The zero-order valence-electron chi connectivity index (χ0n) is 14.2. The van der Waals surface area contributed by atoms with E-state index in [1.165, 1.54) is 0 Å². The molecule has 1 aliphatic rings. The minimum absolute atomic E-state index is 0.0239. The van der Waals surface area contributed by atoms with Gasteiger partial charge in [-0.3, -0.25) is 4.79 Å². The molecule has 132 valence electrons. The van der Waals surface area contributed by atoms with Crippen LogP contribution in [0.5, 0.6) is 0 Å². The normalized spacial score (nSPS) is 15.8. The van der Waals surface area contributed by atoms with Gasteiger partial charge >= 0.3 is 0 Å². The van der Waals surface area contributed by atoms with Crippen LogP contribution < -0.4 is 10.0 Å². The predicted octanol–water partition coefficient (Wildman–Crippen LogP) is 3.04. The lowest BCUT2D eigenvalue weighted by Crippen LogP contribution is -2.27. The number of aryl methyl sites for hydroxylation is 1. The Bertz CT molecular complexity index is 863. The highest BCUT2D eigenvalue weighted by Gasteiger charge is 2.19. The predicted molar refractivity (Wildman–Crippen MR) is 98.1 cm³/mol. The van der Waals surface area contributed by atoms with Crippen molar-refractivity contribution in [3.8, 4) is 0 Å². The van der Waals surface area contributed by atoms with Gasteiger partial charge in [0.2, 0.25) is 15.9 Å². The van der Waals surface area contributed by atoms with Crippen molar-refractivity contribution in [2.24, 2.45) is 0 Å². The van der Waals surface area contributed by atoms with Crippen molar-refractivity contribution in [2.75, 3.05) is 11.9 Å². The summed E-state index contributed by atoms with van der Waals surface area (Å²) in [7, 11) is -3.58. The fraction of sp³-hybridized carbons (Fsp3) is 0.316. The second-order valence-corrected chi connectivity index (χ2v) is 8.15. The summed E-state index contributed by atoms with van der Waals surface area (Å²) in [5.41, 5.74) is 2.67. The number of anilines is 1. The van der Waals surface area contributed by atoms with E-state index >= 15 is 0 Å². The van der Waals surface area contributed by atoms with E-state index in [1.54, 1.807) is 18.2 Å². The molecule has 2 aromatic rings. The first kappa shape index (κ1) is 17.6. The van der Waals surface area contributed by atoms with E-state index in [0.717, 1.165) is 17.5 Å². The summed E-state index contributed by atoms with van der Waals surface area (Å²) < 4.78 is 27.9. The third-order valence-corrected chi connectivity index (χ3v) is 5.88. The summed E-state index contributed by atoms with van der Waals surface area (Å²) in [6.07, 6.45) is 1.88. The third kappa shape index (κ3) is 4.27. The maximum Gasteiger partial charge on any atom is 0.240 e. The number of fused-ring (bicyclic) bond motifs is 1. The molecular formula is C19H22N2O3S. The Balaban J connectivity index is 1.74. The molecule has 0 spiro atoms. The van der Waals surface area contributed by atoms with Crippen LogP contribution >= 0.6 is 0 Å². The number of rotatable bonds is 5. The van der Waals surface area contributed by atoms with E-state index < -0.39 is 10.0 Å². The molecule has 0 saturated heterocycles. The molecule has 0 bridgehead atoms. The van der Waals surface area contributed by atoms with Gasteiger partial charge < -0.3 is 5.32 Å². The SMILES string of the molecule is CC(CNS(=O)(=O)c1ccc2c(c1)CCCC(=O)N2)c1ccccc1. The second kappa shape index (κ2) is 7.37. The van der Waals surface area contributed by atoms with Crippen molar-refractivity contribution < 1.29 is 13.2 Å². The van der Waals surface area contributed by atoms with Crippen LogP contribution in [0, 0.1) is 0 Å². The Morgan fingerprint density at radius 2 is 1.88 bits per heavy atom. The van der Waals surface area contributed by atoms with E-state index in [9.17, 15) is 13.2 Å². The molecule has 2 aromatic carbocycles. The Morgan fingerprint density at radius 1 is 1.12 bits per heavy atom. The molecule has 1 atom stereocenters. The van der Waals surface area contributed by atoms with Crippen molar-refractivity contribution >= 4 is 21.6 Å². The molecular weight excluding hydrogens is 336 g/mol. The average molecular weight is 358 g/mol. The Labute approximate surface area is 148 Å². The quantitative estimate of drug-likeness (QED) is 0.863. The van der Waals surface area contributed by atoms with Crippen molar-refractivity contribution in [1.82, 2.24) is 4.72 Å². The van der Waals surface area contributed by atoms with Gasteiger partial charge in [0.05, 0.1) is 4.90 Å². The molecule has 0 aliphatic carbocycles. The summed E-state index contributed by atoms with van der Waals surface area (Å²) in [6, 6.07) is 14.7. The highest BCUT2D eigenvalue weighted by Crippen LogP contribution is 2.25. The van der Waals surface area contributed by atoms with Gasteiger partial charge in [0.1, 0.15) is 0 Å². The van der Waals surface area contributed by atoms with Crippen LogP contribution in [-0.4, -0.2) is 20.9 Å².